The maximum atomic E-state index is 13.8. The van der Waals surface area contributed by atoms with Crippen LogP contribution in [0.15, 0.2) is 42.5 Å². The molecule has 2 aromatic carbocycles. The molecule has 0 bridgehead atoms. The first-order valence-electron chi connectivity index (χ1n) is 9.25. The Hall–Kier alpha value is -3.01. The molecule has 0 spiro atoms. The molecule has 3 rings (SSSR count). The van der Waals surface area contributed by atoms with Gasteiger partial charge in [-0.2, -0.15) is 0 Å². The lowest BCUT2D eigenvalue weighted by atomic mass is 10.0. The van der Waals surface area contributed by atoms with Gasteiger partial charge in [0.15, 0.2) is 0 Å². The van der Waals surface area contributed by atoms with Crippen LogP contribution in [0.5, 0.6) is 0 Å². The molecule has 2 amide bonds. The molecule has 2 N–H and O–H groups in total. The second-order valence-electron chi connectivity index (χ2n) is 7.12. The van der Waals surface area contributed by atoms with Gasteiger partial charge in [0, 0.05) is 36.4 Å². The minimum Gasteiger partial charge on any atom is -0.349 e. The summed E-state index contributed by atoms with van der Waals surface area (Å²) in [4.78, 5) is 26.3. The molecule has 1 heterocycles. The number of halogens is 2. The van der Waals surface area contributed by atoms with Gasteiger partial charge in [-0.25, -0.2) is 17.2 Å². The van der Waals surface area contributed by atoms with E-state index in [1.165, 1.54) is 29.2 Å². The first kappa shape index (κ1) is 21.7. The molecular formula is C20H21F2N3O4S. The number of rotatable bonds is 5. The van der Waals surface area contributed by atoms with Crippen LogP contribution in [0.4, 0.5) is 14.5 Å². The number of likely N-dealkylation sites (tertiary alicyclic amines) is 1. The van der Waals surface area contributed by atoms with Crippen LogP contribution in [-0.4, -0.2) is 50.5 Å². The Morgan fingerprint density at radius 2 is 1.67 bits per heavy atom. The highest BCUT2D eigenvalue weighted by atomic mass is 32.2. The fraction of sp³-hybridized carbons (Fsp3) is 0.300. The number of nitrogens with one attached hydrogen (secondary N) is 2. The van der Waals surface area contributed by atoms with Gasteiger partial charge in [0.05, 0.1) is 11.8 Å². The van der Waals surface area contributed by atoms with Crippen molar-refractivity contribution in [1.82, 2.24) is 10.2 Å². The fourth-order valence-electron chi connectivity index (χ4n) is 3.23. The Morgan fingerprint density at radius 3 is 2.23 bits per heavy atom. The van der Waals surface area contributed by atoms with Gasteiger partial charge in [-0.15, -0.1) is 0 Å². The standard InChI is InChI=1S/C20H21F2N3O4S/c1-30(28,29)24-16-5-2-13(3-6-16)19(26)23-15-8-10-25(11-9-15)20(27)17-7-4-14(21)12-18(17)22/h2-7,12,15,24H,8-11H2,1H3,(H,23,26). The third kappa shape index (κ3) is 5.53. The Morgan fingerprint density at radius 1 is 1.03 bits per heavy atom. The molecule has 1 aliphatic heterocycles. The molecule has 0 unspecified atom stereocenters. The number of benzene rings is 2. The summed E-state index contributed by atoms with van der Waals surface area (Å²) in [6, 6.07) is 8.70. The van der Waals surface area contributed by atoms with Crippen molar-refractivity contribution >= 4 is 27.5 Å². The van der Waals surface area contributed by atoms with Crippen LogP contribution in [0.3, 0.4) is 0 Å². The molecule has 7 nitrogen and oxygen atoms in total. The highest BCUT2D eigenvalue weighted by molar-refractivity contribution is 7.92. The van der Waals surface area contributed by atoms with Crippen molar-refractivity contribution in [1.29, 1.82) is 0 Å². The number of sulfonamides is 1. The van der Waals surface area contributed by atoms with Crippen molar-refractivity contribution in [2.45, 2.75) is 18.9 Å². The van der Waals surface area contributed by atoms with Crippen LogP contribution in [0.1, 0.15) is 33.6 Å². The van der Waals surface area contributed by atoms with E-state index in [9.17, 15) is 26.8 Å². The van der Waals surface area contributed by atoms with Crippen molar-refractivity contribution in [3.8, 4) is 0 Å². The zero-order chi connectivity index (χ0) is 21.9. The average molecular weight is 437 g/mol. The van der Waals surface area contributed by atoms with Gasteiger partial charge in [0.2, 0.25) is 10.0 Å². The number of amides is 2. The van der Waals surface area contributed by atoms with Crippen LogP contribution >= 0.6 is 0 Å². The van der Waals surface area contributed by atoms with Gasteiger partial charge in [0.25, 0.3) is 11.8 Å². The number of piperidine rings is 1. The van der Waals surface area contributed by atoms with Gasteiger partial charge < -0.3 is 10.2 Å². The number of nitrogens with zero attached hydrogens (tertiary/aromatic N) is 1. The molecule has 0 aromatic heterocycles. The summed E-state index contributed by atoms with van der Waals surface area (Å²) in [7, 11) is -3.40. The Kier molecular flexibility index (Phi) is 6.35. The quantitative estimate of drug-likeness (QED) is 0.751. The maximum Gasteiger partial charge on any atom is 0.256 e. The lowest BCUT2D eigenvalue weighted by Crippen LogP contribution is -2.46. The minimum absolute atomic E-state index is 0.159. The van der Waals surface area contributed by atoms with Crippen LogP contribution < -0.4 is 10.0 Å². The second kappa shape index (κ2) is 8.78. The smallest absolute Gasteiger partial charge is 0.256 e. The van der Waals surface area contributed by atoms with E-state index in [1.807, 2.05) is 0 Å². The lowest BCUT2D eigenvalue weighted by Gasteiger charge is -2.32. The minimum atomic E-state index is -3.40. The van der Waals surface area contributed by atoms with E-state index >= 15 is 0 Å². The van der Waals surface area contributed by atoms with E-state index in [1.54, 1.807) is 0 Å². The van der Waals surface area contributed by atoms with Crippen molar-refractivity contribution in [2.24, 2.45) is 0 Å². The summed E-state index contributed by atoms with van der Waals surface area (Å²) in [6.07, 6.45) is 2.03. The first-order valence-corrected chi connectivity index (χ1v) is 11.1. The van der Waals surface area contributed by atoms with Crippen LogP contribution in [-0.2, 0) is 10.0 Å². The summed E-state index contributed by atoms with van der Waals surface area (Å²) >= 11 is 0. The van der Waals surface area contributed by atoms with Gasteiger partial charge in [-0.3, -0.25) is 14.3 Å². The molecule has 1 saturated heterocycles. The molecule has 0 atom stereocenters. The summed E-state index contributed by atoms with van der Waals surface area (Å²) in [6.45, 7) is 0.662. The van der Waals surface area contributed by atoms with Crippen LogP contribution in [0.25, 0.3) is 0 Å². The number of carbonyl (C=O) groups is 2. The van der Waals surface area contributed by atoms with Gasteiger partial charge in [-0.05, 0) is 49.2 Å². The van der Waals surface area contributed by atoms with Crippen molar-refractivity contribution in [3.63, 3.8) is 0 Å². The van der Waals surface area contributed by atoms with Crippen LogP contribution in [0.2, 0.25) is 0 Å². The van der Waals surface area contributed by atoms with Crippen molar-refractivity contribution in [2.75, 3.05) is 24.1 Å². The normalized spacial score (nSPS) is 15.0. The predicted molar refractivity (Wildman–Crippen MR) is 108 cm³/mol. The largest absolute Gasteiger partial charge is 0.349 e. The van der Waals surface area contributed by atoms with Gasteiger partial charge in [0.1, 0.15) is 11.6 Å². The number of hydrogen-bond donors (Lipinski definition) is 2. The molecular weight excluding hydrogens is 416 g/mol. The van der Waals surface area contributed by atoms with Gasteiger partial charge in [-0.1, -0.05) is 0 Å². The number of hydrogen-bond acceptors (Lipinski definition) is 4. The molecule has 0 saturated carbocycles. The average Bonchev–Trinajstić information content (AvgIpc) is 2.67. The zero-order valence-corrected chi connectivity index (χ0v) is 17.0. The molecule has 1 aliphatic rings. The molecule has 1 fully saturated rings. The molecule has 0 aliphatic carbocycles. The molecule has 10 heteroatoms. The van der Waals surface area contributed by atoms with Gasteiger partial charge >= 0.3 is 0 Å². The summed E-state index contributed by atoms with van der Waals surface area (Å²) in [5, 5.41) is 2.88. The van der Waals surface area contributed by atoms with Crippen molar-refractivity contribution in [3.05, 3.63) is 65.2 Å². The van der Waals surface area contributed by atoms with E-state index in [-0.39, 0.29) is 17.5 Å². The topological polar surface area (TPSA) is 95.6 Å². The first-order chi connectivity index (χ1) is 14.1. The highest BCUT2D eigenvalue weighted by Gasteiger charge is 2.26. The molecule has 160 valence electrons. The predicted octanol–water partition coefficient (Wildman–Crippen LogP) is 2.37. The van der Waals surface area contributed by atoms with E-state index in [2.05, 4.69) is 10.0 Å². The van der Waals surface area contributed by atoms with E-state index < -0.39 is 27.6 Å². The third-order valence-corrected chi connectivity index (χ3v) is 5.34. The summed E-state index contributed by atoms with van der Waals surface area (Å²) < 4.78 is 51.6. The maximum absolute atomic E-state index is 13.8. The summed E-state index contributed by atoms with van der Waals surface area (Å²) in [5.74, 6) is -2.46. The zero-order valence-electron chi connectivity index (χ0n) is 16.2. The second-order valence-corrected chi connectivity index (χ2v) is 8.86. The highest BCUT2D eigenvalue weighted by Crippen LogP contribution is 2.18. The lowest BCUT2D eigenvalue weighted by molar-refractivity contribution is 0.0693. The molecule has 0 radical (unpaired) electrons. The number of anilines is 1. The van der Waals surface area contributed by atoms with Crippen molar-refractivity contribution < 1.29 is 26.8 Å². The van der Waals surface area contributed by atoms with Crippen LogP contribution in [0, 0.1) is 11.6 Å². The van der Waals surface area contributed by atoms with E-state index in [0.29, 0.717) is 43.2 Å². The summed E-state index contributed by atoms with van der Waals surface area (Å²) in [5.41, 5.74) is 0.552. The molecule has 2 aromatic rings. The Bertz CT molecular complexity index is 1050. The third-order valence-electron chi connectivity index (χ3n) is 4.73. The Balaban J connectivity index is 1.54. The number of carbonyl (C=O) groups excluding carboxylic acids is 2. The fourth-order valence-corrected chi connectivity index (χ4v) is 3.80. The van der Waals surface area contributed by atoms with E-state index in [0.717, 1.165) is 18.4 Å². The molecule has 30 heavy (non-hydrogen) atoms. The van der Waals surface area contributed by atoms with E-state index in [4.69, 9.17) is 0 Å². The SMILES string of the molecule is CS(=O)(=O)Nc1ccc(C(=O)NC2CCN(C(=O)c3ccc(F)cc3F)CC2)cc1. The Labute approximate surface area is 173 Å². The monoisotopic (exact) mass is 437 g/mol.